The minimum Gasteiger partial charge on any atom is -0.469 e. The van der Waals surface area contributed by atoms with Crippen LogP contribution in [0.4, 0.5) is 0 Å². The number of hydrogen-bond donors (Lipinski definition) is 2. The van der Waals surface area contributed by atoms with Crippen molar-refractivity contribution in [2.24, 2.45) is 4.99 Å². The van der Waals surface area contributed by atoms with Crippen LogP contribution >= 0.6 is 0 Å². The fourth-order valence-corrected chi connectivity index (χ4v) is 2.97. The van der Waals surface area contributed by atoms with Crippen molar-refractivity contribution in [3.63, 3.8) is 0 Å². The summed E-state index contributed by atoms with van der Waals surface area (Å²) in [5.41, 5.74) is 0. The van der Waals surface area contributed by atoms with Crippen molar-refractivity contribution >= 4 is 5.96 Å². The Labute approximate surface area is 144 Å². The van der Waals surface area contributed by atoms with Crippen LogP contribution in [0.3, 0.4) is 0 Å². The average Bonchev–Trinajstić information content (AvgIpc) is 3.29. The Morgan fingerprint density at radius 2 is 2.08 bits per heavy atom. The van der Waals surface area contributed by atoms with E-state index in [2.05, 4.69) is 27.7 Å². The van der Waals surface area contributed by atoms with Gasteiger partial charge in [0, 0.05) is 38.6 Å². The zero-order valence-electron chi connectivity index (χ0n) is 14.2. The zero-order chi connectivity index (χ0) is 16.5. The molecule has 0 aromatic carbocycles. The van der Waals surface area contributed by atoms with Crippen LogP contribution in [0, 0.1) is 0 Å². The van der Waals surface area contributed by atoms with E-state index in [4.69, 9.17) is 14.1 Å². The summed E-state index contributed by atoms with van der Waals surface area (Å²) in [5.74, 6) is 1.90. The molecular weight excluding hydrogens is 304 g/mol. The molecule has 2 heterocycles. The van der Waals surface area contributed by atoms with Crippen molar-refractivity contribution in [3.05, 3.63) is 36.3 Å². The van der Waals surface area contributed by atoms with Crippen molar-refractivity contribution in [3.8, 4) is 0 Å². The van der Waals surface area contributed by atoms with E-state index in [9.17, 15) is 0 Å². The maximum Gasteiger partial charge on any atom is 0.191 e. The van der Waals surface area contributed by atoms with Crippen LogP contribution in [-0.4, -0.2) is 62.8 Å². The van der Waals surface area contributed by atoms with Gasteiger partial charge in [0.15, 0.2) is 5.96 Å². The molecule has 0 spiro atoms. The van der Waals surface area contributed by atoms with Gasteiger partial charge in [-0.15, -0.1) is 0 Å². The van der Waals surface area contributed by atoms with E-state index in [1.54, 1.807) is 6.26 Å². The third-order valence-corrected chi connectivity index (χ3v) is 4.38. The van der Waals surface area contributed by atoms with Crippen molar-refractivity contribution in [2.75, 3.05) is 45.9 Å². The predicted molar refractivity (Wildman–Crippen MR) is 95.3 cm³/mol. The Kier molecular flexibility index (Phi) is 6.74. The van der Waals surface area contributed by atoms with Crippen LogP contribution in [0.2, 0.25) is 0 Å². The number of rotatable bonds is 7. The minimum atomic E-state index is 0.461. The van der Waals surface area contributed by atoms with Crippen molar-refractivity contribution in [1.82, 2.24) is 15.5 Å². The van der Waals surface area contributed by atoms with Gasteiger partial charge in [0.25, 0.3) is 0 Å². The number of morpholine rings is 1. The summed E-state index contributed by atoms with van der Waals surface area (Å²) in [5, 5.41) is 6.97. The third-order valence-electron chi connectivity index (χ3n) is 4.38. The molecule has 1 aliphatic carbocycles. The quantitative estimate of drug-likeness (QED) is 0.449. The molecule has 0 bridgehead atoms. The van der Waals surface area contributed by atoms with Crippen LogP contribution in [0.25, 0.3) is 0 Å². The van der Waals surface area contributed by atoms with Crippen LogP contribution in [-0.2, 0) is 11.2 Å². The number of nitrogens with one attached hydrogen (secondary N) is 2. The summed E-state index contributed by atoms with van der Waals surface area (Å²) < 4.78 is 10.8. The van der Waals surface area contributed by atoms with Gasteiger partial charge in [-0.2, -0.15) is 0 Å². The first-order valence-corrected chi connectivity index (χ1v) is 8.92. The number of aliphatic imine (C=N–C) groups is 1. The lowest BCUT2D eigenvalue weighted by Gasteiger charge is -2.26. The van der Waals surface area contributed by atoms with Gasteiger partial charge in [0.05, 0.1) is 26.0 Å². The Morgan fingerprint density at radius 3 is 2.83 bits per heavy atom. The van der Waals surface area contributed by atoms with E-state index in [1.807, 2.05) is 12.1 Å². The highest BCUT2D eigenvalue weighted by Crippen LogP contribution is 2.08. The van der Waals surface area contributed by atoms with Crippen LogP contribution in [0.5, 0.6) is 0 Å². The number of nitrogens with zero attached hydrogens (tertiary/aromatic N) is 2. The lowest BCUT2D eigenvalue weighted by molar-refractivity contribution is 0.0394. The van der Waals surface area contributed by atoms with E-state index in [0.29, 0.717) is 6.04 Å². The highest BCUT2D eigenvalue weighted by Gasteiger charge is 2.13. The molecule has 0 amide bonds. The monoisotopic (exact) mass is 332 g/mol. The van der Waals surface area contributed by atoms with E-state index in [0.717, 1.165) is 76.9 Å². The SMILES string of the molecule is C1=CCC(NC(=NCCN2CCOCC2)NCCc2ccco2)C1. The van der Waals surface area contributed by atoms with Gasteiger partial charge in [-0.1, -0.05) is 12.2 Å². The first-order valence-electron chi connectivity index (χ1n) is 8.92. The van der Waals surface area contributed by atoms with Crippen LogP contribution in [0.1, 0.15) is 18.6 Å². The summed E-state index contributed by atoms with van der Waals surface area (Å²) >= 11 is 0. The van der Waals surface area contributed by atoms with Gasteiger partial charge < -0.3 is 19.8 Å². The zero-order valence-corrected chi connectivity index (χ0v) is 14.2. The van der Waals surface area contributed by atoms with Crippen molar-refractivity contribution < 1.29 is 9.15 Å². The molecule has 0 unspecified atom stereocenters. The molecule has 1 aromatic rings. The van der Waals surface area contributed by atoms with Gasteiger partial charge in [-0.3, -0.25) is 9.89 Å². The molecule has 6 nitrogen and oxygen atoms in total. The smallest absolute Gasteiger partial charge is 0.191 e. The molecule has 2 aliphatic rings. The Hall–Kier alpha value is -1.79. The fourth-order valence-electron chi connectivity index (χ4n) is 2.97. The van der Waals surface area contributed by atoms with E-state index in [1.165, 1.54) is 0 Å². The van der Waals surface area contributed by atoms with Crippen molar-refractivity contribution in [1.29, 1.82) is 0 Å². The molecule has 0 atom stereocenters. The van der Waals surface area contributed by atoms with E-state index < -0.39 is 0 Å². The van der Waals surface area contributed by atoms with Gasteiger partial charge >= 0.3 is 0 Å². The number of furan rings is 1. The Balaban J connectivity index is 1.44. The number of ether oxygens (including phenoxy) is 1. The lowest BCUT2D eigenvalue weighted by atomic mass is 10.2. The average molecular weight is 332 g/mol. The van der Waals surface area contributed by atoms with Gasteiger partial charge in [0.2, 0.25) is 0 Å². The minimum absolute atomic E-state index is 0.461. The standard InChI is InChI=1S/C18H28N4O2/c1-2-5-16(4-1)21-18(19-8-7-17-6-3-13-24-17)20-9-10-22-11-14-23-15-12-22/h1-3,6,13,16H,4-5,7-12,14-15H2,(H2,19,20,21). The molecule has 6 heteroatoms. The molecule has 3 rings (SSSR count). The molecule has 0 radical (unpaired) electrons. The molecular formula is C18H28N4O2. The second-order valence-electron chi connectivity index (χ2n) is 6.22. The first kappa shape index (κ1) is 17.0. The highest BCUT2D eigenvalue weighted by molar-refractivity contribution is 5.80. The number of hydrogen-bond acceptors (Lipinski definition) is 4. The lowest BCUT2D eigenvalue weighted by Crippen LogP contribution is -2.44. The summed E-state index contributed by atoms with van der Waals surface area (Å²) in [6.45, 7) is 6.30. The number of guanidine groups is 1. The largest absolute Gasteiger partial charge is 0.469 e. The maximum atomic E-state index is 5.39. The second-order valence-corrected chi connectivity index (χ2v) is 6.22. The third kappa shape index (κ3) is 5.69. The summed E-state index contributed by atoms with van der Waals surface area (Å²) in [6.07, 6.45) is 9.18. The molecule has 1 fully saturated rings. The molecule has 132 valence electrons. The predicted octanol–water partition coefficient (Wildman–Crippen LogP) is 1.41. The molecule has 0 saturated carbocycles. The maximum absolute atomic E-state index is 5.39. The van der Waals surface area contributed by atoms with Crippen molar-refractivity contribution in [2.45, 2.75) is 25.3 Å². The highest BCUT2D eigenvalue weighted by atomic mass is 16.5. The normalized spacial score (nSPS) is 19.8. The fraction of sp³-hybridized carbons (Fsp3) is 0.611. The summed E-state index contributed by atoms with van der Waals surface area (Å²) in [7, 11) is 0. The summed E-state index contributed by atoms with van der Waals surface area (Å²) in [4.78, 5) is 7.16. The second kappa shape index (κ2) is 9.49. The Morgan fingerprint density at radius 1 is 1.25 bits per heavy atom. The van der Waals surface area contributed by atoms with Crippen LogP contribution < -0.4 is 10.6 Å². The Bertz CT molecular complexity index is 513. The molecule has 24 heavy (non-hydrogen) atoms. The van der Waals surface area contributed by atoms with Gasteiger partial charge in [-0.25, -0.2) is 0 Å². The van der Waals surface area contributed by atoms with E-state index >= 15 is 0 Å². The molecule has 2 N–H and O–H groups in total. The molecule has 1 saturated heterocycles. The first-order chi connectivity index (χ1) is 11.9. The van der Waals surface area contributed by atoms with Gasteiger partial charge in [0.1, 0.15) is 5.76 Å². The van der Waals surface area contributed by atoms with Crippen LogP contribution in [0.15, 0.2) is 40.0 Å². The summed E-state index contributed by atoms with van der Waals surface area (Å²) in [6, 6.07) is 4.39. The topological polar surface area (TPSA) is 62.0 Å². The molecule has 1 aliphatic heterocycles. The van der Waals surface area contributed by atoms with E-state index in [-0.39, 0.29) is 0 Å². The van der Waals surface area contributed by atoms with Gasteiger partial charge in [-0.05, 0) is 25.0 Å². The molecule has 1 aromatic heterocycles.